The maximum Gasteiger partial charge on any atom is 0.333 e. The molecule has 0 amide bonds. The van der Waals surface area contributed by atoms with Crippen molar-refractivity contribution in [3.05, 3.63) is 12.2 Å². The second kappa shape index (κ2) is 12.9. The Morgan fingerprint density at radius 1 is 0.955 bits per heavy atom. The van der Waals surface area contributed by atoms with Crippen molar-refractivity contribution in [2.45, 2.75) is 84.4 Å². The van der Waals surface area contributed by atoms with E-state index in [9.17, 15) is 4.79 Å². The van der Waals surface area contributed by atoms with Crippen LogP contribution in [-0.4, -0.2) is 27.5 Å². The minimum Gasteiger partial charge on any atom is -0.462 e. The lowest BCUT2D eigenvalue weighted by Gasteiger charge is -2.28. The molecule has 0 spiro atoms. The molecule has 0 bridgehead atoms. The molecule has 0 saturated carbocycles. The highest BCUT2D eigenvalue weighted by atomic mass is 28.4. The van der Waals surface area contributed by atoms with Crippen molar-refractivity contribution in [3.63, 3.8) is 0 Å². The van der Waals surface area contributed by atoms with E-state index in [1.165, 1.54) is 43.8 Å². The van der Waals surface area contributed by atoms with Gasteiger partial charge in [0.1, 0.15) is 0 Å². The standard InChI is InChI=1S/C18H36O3Si/c1-6-21-22(7-2,8-3)16-14-12-10-9-11-13-15-20-18(19)17(4)5/h4,6-16H2,1-3,5H3. The summed E-state index contributed by atoms with van der Waals surface area (Å²) in [5.74, 6) is -0.267. The van der Waals surface area contributed by atoms with Crippen LogP contribution in [0.3, 0.4) is 0 Å². The first-order valence-corrected chi connectivity index (χ1v) is 11.5. The average Bonchev–Trinajstić information content (AvgIpc) is 2.51. The summed E-state index contributed by atoms with van der Waals surface area (Å²) in [4.78, 5) is 11.2. The van der Waals surface area contributed by atoms with E-state index in [2.05, 4.69) is 27.4 Å². The number of hydrogen-bond acceptors (Lipinski definition) is 3. The Bertz CT molecular complexity index is 311. The minimum atomic E-state index is -1.41. The van der Waals surface area contributed by atoms with Gasteiger partial charge in [-0.15, -0.1) is 0 Å². The van der Waals surface area contributed by atoms with Crippen LogP contribution < -0.4 is 0 Å². The molecule has 0 aromatic carbocycles. The Morgan fingerprint density at radius 2 is 1.50 bits per heavy atom. The van der Waals surface area contributed by atoms with E-state index in [0.29, 0.717) is 12.2 Å². The highest BCUT2D eigenvalue weighted by Crippen LogP contribution is 2.25. The first kappa shape index (κ1) is 21.4. The number of unbranched alkanes of at least 4 members (excludes halogenated alkanes) is 5. The fraction of sp³-hybridized carbons (Fsp3) is 0.833. The zero-order valence-electron chi connectivity index (χ0n) is 15.2. The van der Waals surface area contributed by atoms with E-state index < -0.39 is 8.32 Å². The molecule has 0 rings (SSSR count). The maximum atomic E-state index is 11.2. The highest BCUT2D eigenvalue weighted by molar-refractivity contribution is 6.73. The van der Waals surface area contributed by atoms with E-state index in [4.69, 9.17) is 9.16 Å². The first-order valence-electron chi connectivity index (χ1n) is 8.98. The summed E-state index contributed by atoms with van der Waals surface area (Å²) in [6.07, 6.45) is 7.20. The van der Waals surface area contributed by atoms with Gasteiger partial charge in [-0.1, -0.05) is 52.5 Å². The summed E-state index contributed by atoms with van der Waals surface area (Å²) < 4.78 is 11.2. The number of rotatable bonds is 14. The number of carbonyl (C=O) groups excluding carboxylic acids is 1. The van der Waals surface area contributed by atoms with Crippen molar-refractivity contribution in [2.75, 3.05) is 13.2 Å². The smallest absolute Gasteiger partial charge is 0.333 e. The van der Waals surface area contributed by atoms with Crippen LogP contribution in [0.15, 0.2) is 12.2 Å². The van der Waals surface area contributed by atoms with Crippen LogP contribution in [0.5, 0.6) is 0 Å². The number of carbonyl (C=O) groups is 1. The molecular weight excluding hydrogens is 292 g/mol. The van der Waals surface area contributed by atoms with E-state index in [1.54, 1.807) is 6.92 Å². The molecule has 0 aromatic heterocycles. The molecule has 0 aliphatic heterocycles. The van der Waals surface area contributed by atoms with Gasteiger partial charge in [0.05, 0.1) is 6.61 Å². The Hall–Kier alpha value is -0.613. The summed E-state index contributed by atoms with van der Waals surface area (Å²) >= 11 is 0. The van der Waals surface area contributed by atoms with Gasteiger partial charge in [-0.05, 0) is 38.4 Å². The number of hydrogen-bond donors (Lipinski definition) is 0. The van der Waals surface area contributed by atoms with Crippen molar-refractivity contribution < 1.29 is 14.0 Å². The molecule has 0 aliphatic carbocycles. The minimum absolute atomic E-state index is 0.267. The van der Waals surface area contributed by atoms with Crippen LogP contribution in [0.2, 0.25) is 18.1 Å². The van der Waals surface area contributed by atoms with Gasteiger partial charge in [0, 0.05) is 12.2 Å². The summed E-state index contributed by atoms with van der Waals surface area (Å²) in [6, 6.07) is 3.79. The van der Waals surface area contributed by atoms with Crippen LogP contribution in [0, 0.1) is 0 Å². The van der Waals surface area contributed by atoms with Gasteiger partial charge < -0.3 is 9.16 Å². The van der Waals surface area contributed by atoms with Gasteiger partial charge in [0.2, 0.25) is 0 Å². The fourth-order valence-electron chi connectivity index (χ4n) is 2.73. The van der Waals surface area contributed by atoms with E-state index in [-0.39, 0.29) is 5.97 Å². The summed E-state index contributed by atoms with van der Waals surface area (Å²) in [5.41, 5.74) is 0.480. The highest BCUT2D eigenvalue weighted by Gasteiger charge is 2.29. The Morgan fingerprint density at radius 3 is 2.00 bits per heavy atom. The molecular formula is C18H36O3Si. The zero-order valence-corrected chi connectivity index (χ0v) is 16.2. The molecule has 0 heterocycles. The quantitative estimate of drug-likeness (QED) is 0.184. The lowest BCUT2D eigenvalue weighted by molar-refractivity contribution is -0.139. The van der Waals surface area contributed by atoms with Crippen molar-refractivity contribution in [2.24, 2.45) is 0 Å². The van der Waals surface area contributed by atoms with Crippen LogP contribution in [0.25, 0.3) is 0 Å². The largest absolute Gasteiger partial charge is 0.462 e. The number of ether oxygens (including phenoxy) is 1. The molecule has 0 saturated heterocycles. The van der Waals surface area contributed by atoms with Gasteiger partial charge in [-0.3, -0.25) is 0 Å². The van der Waals surface area contributed by atoms with Crippen LogP contribution in [0.4, 0.5) is 0 Å². The van der Waals surface area contributed by atoms with E-state index in [0.717, 1.165) is 19.4 Å². The van der Waals surface area contributed by atoms with Gasteiger partial charge in [-0.2, -0.15) is 0 Å². The first-order chi connectivity index (χ1) is 10.5. The Kier molecular flexibility index (Phi) is 12.5. The van der Waals surface area contributed by atoms with E-state index in [1.807, 2.05) is 0 Å². The SMILES string of the molecule is C=C(C)C(=O)OCCCCCCCC[Si](CC)(CC)OCC. The molecule has 0 aromatic rings. The van der Waals surface area contributed by atoms with Crippen molar-refractivity contribution >= 4 is 14.3 Å². The third-order valence-electron chi connectivity index (χ3n) is 4.35. The van der Waals surface area contributed by atoms with Crippen LogP contribution in [0.1, 0.15) is 66.2 Å². The van der Waals surface area contributed by atoms with Gasteiger partial charge in [0.25, 0.3) is 0 Å². The molecule has 0 fully saturated rings. The monoisotopic (exact) mass is 328 g/mol. The molecule has 0 radical (unpaired) electrons. The van der Waals surface area contributed by atoms with Gasteiger partial charge in [0.15, 0.2) is 8.32 Å². The third-order valence-corrected chi connectivity index (χ3v) is 9.09. The maximum absolute atomic E-state index is 11.2. The molecule has 130 valence electrons. The molecule has 22 heavy (non-hydrogen) atoms. The fourth-order valence-corrected chi connectivity index (χ4v) is 6.00. The van der Waals surface area contributed by atoms with Crippen molar-refractivity contribution in [1.29, 1.82) is 0 Å². The normalized spacial score (nSPS) is 11.5. The average molecular weight is 329 g/mol. The molecule has 0 aliphatic rings. The lowest BCUT2D eigenvalue weighted by Crippen LogP contribution is -2.36. The summed E-state index contributed by atoms with van der Waals surface area (Å²) in [5, 5.41) is 0. The second-order valence-electron chi connectivity index (χ2n) is 6.11. The predicted octanol–water partition coefficient (Wildman–Crippen LogP) is 5.47. The molecule has 0 unspecified atom stereocenters. The van der Waals surface area contributed by atoms with E-state index >= 15 is 0 Å². The number of esters is 1. The molecule has 3 nitrogen and oxygen atoms in total. The zero-order chi connectivity index (χ0) is 16.8. The van der Waals surface area contributed by atoms with Crippen LogP contribution >= 0.6 is 0 Å². The Balaban J connectivity index is 3.57. The second-order valence-corrected chi connectivity index (χ2v) is 10.7. The third kappa shape index (κ3) is 9.41. The molecule has 0 atom stereocenters. The predicted molar refractivity (Wildman–Crippen MR) is 96.6 cm³/mol. The van der Waals surface area contributed by atoms with Gasteiger partial charge >= 0.3 is 5.97 Å². The Labute approximate surface area is 138 Å². The van der Waals surface area contributed by atoms with Crippen molar-refractivity contribution in [3.8, 4) is 0 Å². The lowest BCUT2D eigenvalue weighted by atomic mass is 10.1. The van der Waals surface area contributed by atoms with Gasteiger partial charge in [-0.25, -0.2) is 4.79 Å². The molecule has 0 N–H and O–H groups in total. The summed E-state index contributed by atoms with van der Waals surface area (Å²) in [7, 11) is -1.41. The summed E-state index contributed by atoms with van der Waals surface area (Å²) in [6.45, 7) is 13.3. The molecule has 4 heteroatoms. The van der Waals surface area contributed by atoms with Crippen molar-refractivity contribution in [1.82, 2.24) is 0 Å². The topological polar surface area (TPSA) is 35.5 Å². The van der Waals surface area contributed by atoms with Crippen LogP contribution in [-0.2, 0) is 14.0 Å².